The first-order valence-electron chi connectivity index (χ1n) is 4.33. The fourth-order valence-electron chi connectivity index (χ4n) is 1.66. The maximum absolute atomic E-state index is 10.9. The molecule has 0 aromatic carbocycles. The van der Waals surface area contributed by atoms with Gasteiger partial charge in [0.2, 0.25) is 0 Å². The first-order chi connectivity index (χ1) is 7.09. The molecular weight excluding hydrogens is 202 g/mol. The lowest BCUT2D eigenvalue weighted by atomic mass is 10.0. The second kappa shape index (κ2) is 3.26. The van der Waals surface area contributed by atoms with Crippen LogP contribution in [0.25, 0.3) is 0 Å². The highest BCUT2D eigenvalue weighted by molar-refractivity contribution is 5.80. The van der Waals surface area contributed by atoms with Gasteiger partial charge in [0.25, 0.3) is 0 Å². The van der Waals surface area contributed by atoms with Crippen molar-refractivity contribution in [3.63, 3.8) is 0 Å². The minimum atomic E-state index is -1.23. The number of carboxylic acid groups (broad SMARTS) is 2. The molecule has 7 nitrogen and oxygen atoms in total. The van der Waals surface area contributed by atoms with Gasteiger partial charge in [-0.15, -0.1) is 0 Å². The topological polar surface area (TPSA) is 107 Å². The van der Waals surface area contributed by atoms with Crippen molar-refractivity contribution in [1.82, 2.24) is 14.9 Å². The molecule has 1 aliphatic rings. The Balaban J connectivity index is 2.33. The number of nitrogens with one attached hydrogen (secondary N) is 1. The highest BCUT2D eigenvalue weighted by Crippen LogP contribution is 2.20. The normalized spacial score (nSPS) is 19.7. The van der Waals surface area contributed by atoms with Gasteiger partial charge in [0.15, 0.2) is 0 Å². The summed E-state index contributed by atoms with van der Waals surface area (Å²) >= 11 is 0. The zero-order valence-electron chi connectivity index (χ0n) is 7.67. The smallest absolute Gasteiger partial charge is 0.408 e. The monoisotopic (exact) mass is 211 g/mol. The number of imidazole rings is 1. The van der Waals surface area contributed by atoms with Crippen molar-refractivity contribution in [2.45, 2.75) is 19.0 Å². The predicted octanol–water partition coefficient (Wildman–Crippen LogP) is -0.101. The van der Waals surface area contributed by atoms with Crippen molar-refractivity contribution in [2.24, 2.45) is 0 Å². The molecule has 0 radical (unpaired) electrons. The maximum atomic E-state index is 10.9. The fourth-order valence-corrected chi connectivity index (χ4v) is 1.66. The zero-order valence-corrected chi connectivity index (χ0v) is 7.67. The average Bonchev–Trinajstić information content (AvgIpc) is 2.61. The van der Waals surface area contributed by atoms with Crippen LogP contribution in [-0.4, -0.2) is 43.2 Å². The Morgan fingerprint density at radius 2 is 2.27 bits per heavy atom. The van der Waals surface area contributed by atoms with Crippen LogP contribution in [0.4, 0.5) is 4.79 Å². The van der Waals surface area contributed by atoms with Gasteiger partial charge in [-0.1, -0.05) is 0 Å². The zero-order chi connectivity index (χ0) is 11.0. The van der Waals surface area contributed by atoms with Crippen LogP contribution in [0.1, 0.15) is 11.4 Å². The van der Waals surface area contributed by atoms with Crippen LogP contribution in [-0.2, 0) is 17.8 Å². The molecule has 1 aromatic heterocycles. The van der Waals surface area contributed by atoms with E-state index in [1.165, 1.54) is 6.33 Å². The lowest BCUT2D eigenvalue weighted by Gasteiger charge is -2.29. The Hall–Kier alpha value is -2.05. The Morgan fingerprint density at radius 1 is 1.53 bits per heavy atom. The van der Waals surface area contributed by atoms with E-state index >= 15 is 0 Å². The fraction of sp³-hybridized carbons (Fsp3) is 0.375. The van der Waals surface area contributed by atoms with Gasteiger partial charge in [-0.2, -0.15) is 0 Å². The van der Waals surface area contributed by atoms with Gasteiger partial charge in [0.1, 0.15) is 6.04 Å². The van der Waals surface area contributed by atoms with Crippen molar-refractivity contribution in [3.8, 4) is 0 Å². The second-order valence-electron chi connectivity index (χ2n) is 3.30. The van der Waals surface area contributed by atoms with E-state index in [2.05, 4.69) is 9.97 Å². The second-order valence-corrected chi connectivity index (χ2v) is 3.30. The van der Waals surface area contributed by atoms with E-state index in [1.807, 2.05) is 0 Å². The number of hydrogen-bond acceptors (Lipinski definition) is 3. The molecule has 1 unspecified atom stereocenters. The van der Waals surface area contributed by atoms with E-state index < -0.39 is 18.1 Å². The number of nitrogens with zero attached hydrogens (tertiary/aromatic N) is 2. The Labute approximate surface area is 84.4 Å². The summed E-state index contributed by atoms with van der Waals surface area (Å²) in [6.45, 7) is 0.0433. The molecule has 3 N–H and O–H groups in total. The van der Waals surface area contributed by atoms with Gasteiger partial charge in [-0.25, -0.2) is 14.6 Å². The summed E-state index contributed by atoms with van der Waals surface area (Å²) in [6.07, 6.45) is 0.317. The minimum absolute atomic E-state index is 0.0433. The molecule has 0 bridgehead atoms. The number of aliphatic carboxylic acids is 1. The molecule has 1 aromatic rings. The standard InChI is InChI=1S/C8H9N3O4/c12-7(13)6-1-4-5(10-3-9-4)2-11(6)8(14)15/h3,6H,1-2H2,(H,9,10)(H,12,13)(H,14,15). The summed E-state index contributed by atoms with van der Waals surface area (Å²) in [4.78, 5) is 29.3. The molecule has 0 saturated carbocycles. The van der Waals surface area contributed by atoms with Crippen molar-refractivity contribution in [1.29, 1.82) is 0 Å². The van der Waals surface area contributed by atoms with Crippen LogP contribution in [0.2, 0.25) is 0 Å². The molecule has 0 saturated heterocycles. The number of fused-ring (bicyclic) bond motifs is 1. The van der Waals surface area contributed by atoms with Crippen molar-refractivity contribution in [2.75, 3.05) is 0 Å². The number of amides is 1. The van der Waals surface area contributed by atoms with Crippen LogP contribution < -0.4 is 0 Å². The molecular formula is C8H9N3O4. The lowest BCUT2D eigenvalue weighted by molar-refractivity contribution is -0.143. The molecule has 0 spiro atoms. The average molecular weight is 211 g/mol. The molecule has 1 amide bonds. The molecule has 15 heavy (non-hydrogen) atoms. The first-order valence-corrected chi connectivity index (χ1v) is 4.33. The number of rotatable bonds is 1. The van der Waals surface area contributed by atoms with E-state index in [-0.39, 0.29) is 13.0 Å². The van der Waals surface area contributed by atoms with Crippen LogP contribution in [0.5, 0.6) is 0 Å². The summed E-state index contributed by atoms with van der Waals surface area (Å²) in [5, 5.41) is 17.7. The molecule has 80 valence electrons. The molecule has 2 heterocycles. The summed E-state index contributed by atoms with van der Waals surface area (Å²) in [7, 11) is 0. The largest absolute Gasteiger partial charge is 0.480 e. The summed E-state index contributed by atoms with van der Waals surface area (Å²) in [6, 6.07) is -1.04. The summed E-state index contributed by atoms with van der Waals surface area (Å²) in [5.74, 6) is -1.15. The predicted molar refractivity (Wildman–Crippen MR) is 47.3 cm³/mol. The number of aromatic amines is 1. The van der Waals surface area contributed by atoms with Gasteiger partial charge in [0, 0.05) is 6.42 Å². The first kappa shape index (κ1) is 9.50. The third kappa shape index (κ3) is 1.51. The molecule has 1 aliphatic heterocycles. The number of carbonyl (C=O) groups is 2. The summed E-state index contributed by atoms with van der Waals surface area (Å²) in [5.41, 5.74) is 1.29. The highest BCUT2D eigenvalue weighted by atomic mass is 16.4. The molecule has 7 heteroatoms. The van der Waals surface area contributed by atoms with Gasteiger partial charge >= 0.3 is 12.1 Å². The Morgan fingerprint density at radius 3 is 2.87 bits per heavy atom. The number of aromatic nitrogens is 2. The third-order valence-electron chi connectivity index (χ3n) is 2.43. The van der Waals surface area contributed by atoms with Gasteiger partial charge in [-0.05, 0) is 0 Å². The van der Waals surface area contributed by atoms with E-state index in [1.54, 1.807) is 0 Å². The number of hydrogen-bond donors (Lipinski definition) is 3. The SMILES string of the molecule is O=C(O)C1Cc2nc[nH]c2CN1C(=O)O. The molecule has 1 atom stereocenters. The van der Waals surface area contributed by atoms with Gasteiger partial charge < -0.3 is 15.2 Å². The molecule has 0 aliphatic carbocycles. The third-order valence-corrected chi connectivity index (χ3v) is 2.43. The van der Waals surface area contributed by atoms with Crippen LogP contribution in [0, 0.1) is 0 Å². The molecule has 2 rings (SSSR count). The molecule has 0 fully saturated rings. The quantitative estimate of drug-likeness (QED) is 0.601. The van der Waals surface area contributed by atoms with Gasteiger partial charge in [-0.3, -0.25) is 4.90 Å². The minimum Gasteiger partial charge on any atom is -0.480 e. The Kier molecular flexibility index (Phi) is 2.07. The maximum Gasteiger partial charge on any atom is 0.408 e. The van der Waals surface area contributed by atoms with Gasteiger partial charge in [0.05, 0.1) is 24.3 Å². The number of carboxylic acids is 1. The van der Waals surface area contributed by atoms with E-state index in [0.717, 1.165) is 4.90 Å². The highest BCUT2D eigenvalue weighted by Gasteiger charge is 2.35. The van der Waals surface area contributed by atoms with E-state index in [9.17, 15) is 9.59 Å². The van der Waals surface area contributed by atoms with E-state index in [4.69, 9.17) is 10.2 Å². The summed E-state index contributed by atoms with van der Waals surface area (Å²) < 4.78 is 0. The lowest BCUT2D eigenvalue weighted by Crippen LogP contribution is -2.48. The van der Waals surface area contributed by atoms with Crippen LogP contribution >= 0.6 is 0 Å². The number of H-pyrrole nitrogens is 1. The van der Waals surface area contributed by atoms with Crippen molar-refractivity contribution < 1.29 is 19.8 Å². The Bertz CT molecular complexity index is 377. The van der Waals surface area contributed by atoms with Crippen LogP contribution in [0.15, 0.2) is 6.33 Å². The van der Waals surface area contributed by atoms with Crippen molar-refractivity contribution >= 4 is 12.1 Å². The van der Waals surface area contributed by atoms with Crippen LogP contribution in [0.3, 0.4) is 0 Å². The van der Waals surface area contributed by atoms with E-state index in [0.29, 0.717) is 11.4 Å². The van der Waals surface area contributed by atoms with Crippen molar-refractivity contribution in [3.05, 3.63) is 17.7 Å².